The van der Waals surface area contributed by atoms with Gasteiger partial charge in [-0.25, -0.2) is 4.98 Å². The quantitative estimate of drug-likeness (QED) is 0.450. The first-order valence-electron chi connectivity index (χ1n) is 6.67. The molecule has 0 saturated heterocycles. The number of carbonyl (C=O) groups excluding carboxylic acids is 1. The maximum Gasteiger partial charge on any atom is 0.187 e. The van der Waals surface area contributed by atoms with E-state index in [2.05, 4.69) is 4.98 Å². The van der Waals surface area contributed by atoms with Gasteiger partial charge >= 0.3 is 0 Å². The second-order valence-corrected chi connectivity index (χ2v) is 4.71. The number of allylic oxidation sites excluding steroid dienone is 1. The number of nitrogen functional groups attached to an aromatic ring is 1. The van der Waals surface area contributed by atoms with E-state index in [1.807, 2.05) is 36.4 Å². The number of ketones is 1. The van der Waals surface area contributed by atoms with Gasteiger partial charge in [-0.1, -0.05) is 36.4 Å². The lowest BCUT2D eigenvalue weighted by atomic mass is 10.1. The lowest BCUT2D eigenvalue weighted by Gasteiger charge is -2.01. The van der Waals surface area contributed by atoms with E-state index >= 15 is 0 Å². The summed E-state index contributed by atoms with van der Waals surface area (Å²) in [5, 5.41) is 1.08. The van der Waals surface area contributed by atoms with Crippen molar-refractivity contribution in [3.05, 3.63) is 78.0 Å². The van der Waals surface area contributed by atoms with Gasteiger partial charge in [-0.3, -0.25) is 4.79 Å². The highest BCUT2D eigenvalue weighted by Gasteiger charge is 2.05. The van der Waals surface area contributed by atoms with Crippen LogP contribution in [0, 0.1) is 0 Å². The minimum absolute atomic E-state index is 0.122. The summed E-state index contributed by atoms with van der Waals surface area (Å²) in [5.41, 5.74) is 8.44. The van der Waals surface area contributed by atoms with Crippen LogP contribution in [0.3, 0.4) is 0 Å². The Morgan fingerprint density at radius 1 is 0.952 bits per heavy atom. The van der Waals surface area contributed by atoms with Crippen molar-refractivity contribution in [2.75, 3.05) is 5.73 Å². The molecule has 1 heterocycles. The lowest BCUT2D eigenvalue weighted by molar-refractivity contribution is 0.104. The van der Waals surface area contributed by atoms with Crippen molar-refractivity contribution in [1.82, 2.24) is 4.98 Å². The van der Waals surface area contributed by atoms with Crippen molar-refractivity contribution in [3.8, 4) is 0 Å². The van der Waals surface area contributed by atoms with Gasteiger partial charge in [0.05, 0.1) is 11.2 Å². The second kappa shape index (κ2) is 5.59. The molecule has 2 aromatic carbocycles. The van der Waals surface area contributed by atoms with E-state index in [9.17, 15) is 4.79 Å². The number of carbonyl (C=O) groups is 1. The molecule has 102 valence electrons. The number of para-hydroxylation sites is 2. The van der Waals surface area contributed by atoms with Crippen molar-refractivity contribution in [2.45, 2.75) is 0 Å². The standard InChI is InChI=1S/C18H14N2O/c19-16-7-3-2-6-15(16)18(21)12-11-14-10-9-13-5-1-4-8-17(13)20-14/h1-12H,19H2. The summed E-state index contributed by atoms with van der Waals surface area (Å²) in [6, 6.07) is 18.8. The molecular formula is C18H14N2O. The summed E-state index contributed by atoms with van der Waals surface area (Å²) < 4.78 is 0. The smallest absolute Gasteiger partial charge is 0.187 e. The van der Waals surface area contributed by atoms with Gasteiger partial charge in [0.15, 0.2) is 5.78 Å². The Labute approximate surface area is 122 Å². The Balaban J connectivity index is 1.87. The third-order valence-electron chi connectivity index (χ3n) is 3.25. The molecule has 0 radical (unpaired) electrons. The van der Waals surface area contributed by atoms with E-state index < -0.39 is 0 Å². The molecule has 3 nitrogen and oxygen atoms in total. The van der Waals surface area contributed by atoms with E-state index in [0.717, 1.165) is 16.6 Å². The van der Waals surface area contributed by atoms with Gasteiger partial charge in [0.25, 0.3) is 0 Å². The summed E-state index contributed by atoms with van der Waals surface area (Å²) in [6.07, 6.45) is 3.21. The molecule has 21 heavy (non-hydrogen) atoms. The Morgan fingerprint density at radius 3 is 2.57 bits per heavy atom. The van der Waals surface area contributed by atoms with Gasteiger partial charge in [-0.05, 0) is 36.4 Å². The highest BCUT2D eigenvalue weighted by atomic mass is 16.1. The number of hydrogen-bond acceptors (Lipinski definition) is 3. The molecule has 3 heteroatoms. The SMILES string of the molecule is Nc1ccccc1C(=O)C=Cc1ccc2ccccc2n1. The molecule has 1 aromatic heterocycles. The first-order chi connectivity index (χ1) is 10.2. The molecule has 0 amide bonds. The first-order valence-corrected chi connectivity index (χ1v) is 6.67. The van der Waals surface area contributed by atoms with E-state index in [4.69, 9.17) is 5.73 Å². The Kier molecular flexibility index (Phi) is 3.48. The zero-order chi connectivity index (χ0) is 14.7. The topological polar surface area (TPSA) is 56.0 Å². The molecule has 0 atom stereocenters. The van der Waals surface area contributed by atoms with Crippen LogP contribution in [-0.4, -0.2) is 10.8 Å². The van der Waals surface area contributed by atoms with Crippen LogP contribution in [-0.2, 0) is 0 Å². The largest absolute Gasteiger partial charge is 0.398 e. The predicted octanol–water partition coefficient (Wildman–Crippen LogP) is 3.71. The van der Waals surface area contributed by atoms with Crippen molar-refractivity contribution in [3.63, 3.8) is 0 Å². The van der Waals surface area contributed by atoms with Gasteiger partial charge in [-0.15, -0.1) is 0 Å². The summed E-state index contributed by atoms with van der Waals surface area (Å²) in [4.78, 5) is 16.6. The minimum Gasteiger partial charge on any atom is -0.398 e. The molecule has 0 bridgehead atoms. The van der Waals surface area contributed by atoms with Gasteiger partial charge in [0.2, 0.25) is 0 Å². The van der Waals surface area contributed by atoms with Crippen molar-refractivity contribution >= 4 is 28.4 Å². The fourth-order valence-electron chi connectivity index (χ4n) is 2.15. The number of nitrogens with zero attached hydrogens (tertiary/aromatic N) is 1. The second-order valence-electron chi connectivity index (χ2n) is 4.71. The number of anilines is 1. The summed E-state index contributed by atoms with van der Waals surface area (Å²) in [5.74, 6) is -0.122. The molecule has 0 spiro atoms. The Bertz CT molecular complexity index is 837. The lowest BCUT2D eigenvalue weighted by Crippen LogP contribution is -2.00. The minimum atomic E-state index is -0.122. The van der Waals surface area contributed by atoms with Crippen LogP contribution >= 0.6 is 0 Å². The van der Waals surface area contributed by atoms with Gasteiger partial charge < -0.3 is 5.73 Å². The Hall–Kier alpha value is -2.94. The number of rotatable bonds is 3. The number of aromatic nitrogens is 1. The monoisotopic (exact) mass is 274 g/mol. The normalized spacial score (nSPS) is 11.0. The first kappa shape index (κ1) is 13.1. The fourth-order valence-corrected chi connectivity index (χ4v) is 2.15. The van der Waals surface area contributed by atoms with Gasteiger partial charge in [0, 0.05) is 16.6 Å². The van der Waals surface area contributed by atoms with E-state index in [1.165, 1.54) is 6.08 Å². The van der Waals surface area contributed by atoms with Crippen LogP contribution in [0.15, 0.2) is 66.7 Å². The highest BCUT2D eigenvalue weighted by molar-refractivity contribution is 6.10. The van der Waals surface area contributed by atoms with Crippen LogP contribution in [0.25, 0.3) is 17.0 Å². The molecule has 3 rings (SSSR count). The molecule has 0 aliphatic heterocycles. The van der Waals surface area contributed by atoms with E-state index in [0.29, 0.717) is 11.3 Å². The molecule has 0 aliphatic carbocycles. The van der Waals surface area contributed by atoms with Crippen LogP contribution in [0.2, 0.25) is 0 Å². The van der Waals surface area contributed by atoms with Gasteiger partial charge in [0.1, 0.15) is 0 Å². The van der Waals surface area contributed by atoms with Crippen LogP contribution in [0.4, 0.5) is 5.69 Å². The molecular weight excluding hydrogens is 260 g/mol. The molecule has 0 fully saturated rings. The molecule has 0 aliphatic rings. The van der Waals surface area contributed by atoms with Crippen LogP contribution in [0.5, 0.6) is 0 Å². The number of pyridine rings is 1. The molecule has 3 aromatic rings. The third kappa shape index (κ3) is 2.82. The predicted molar refractivity (Wildman–Crippen MR) is 86.0 cm³/mol. The van der Waals surface area contributed by atoms with Gasteiger partial charge in [-0.2, -0.15) is 0 Å². The summed E-state index contributed by atoms with van der Waals surface area (Å²) in [6.45, 7) is 0. The van der Waals surface area contributed by atoms with Crippen molar-refractivity contribution in [2.24, 2.45) is 0 Å². The number of benzene rings is 2. The maximum absolute atomic E-state index is 12.1. The Morgan fingerprint density at radius 2 is 1.71 bits per heavy atom. The summed E-state index contributed by atoms with van der Waals surface area (Å²) >= 11 is 0. The number of fused-ring (bicyclic) bond motifs is 1. The van der Waals surface area contributed by atoms with Crippen molar-refractivity contribution in [1.29, 1.82) is 0 Å². The highest BCUT2D eigenvalue weighted by Crippen LogP contribution is 2.14. The molecule has 0 unspecified atom stereocenters. The third-order valence-corrected chi connectivity index (χ3v) is 3.25. The van der Waals surface area contributed by atoms with Crippen molar-refractivity contribution < 1.29 is 4.79 Å². The number of nitrogens with two attached hydrogens (primary N) is 1. The molecule has 0 saturated carbocycles. The van der Waals surface area contributed by atoms with Crippen LogP contribution < -0.4 is 5.73 Å². The summed E-state index contributed by atoms with van der Waals surface area (Å²) in [7, 11) is 0. The van der Waals surface area contributed by atoms with E-state index in [-0.39, 0.29) is 5.78 Å². The molecule has 2 N–H and O–H groups in total. The van der Waals surface area contributed by atoms with Crippen LogP contribution in [0.1, 0.15) is 16.1 Å². The average molecular weight is 274 g/mol. The number of hydrogen-bond donors (Lipinski definition) is 1. The zero-order valence-electron chi connectivity index (χ0n) is 11.4. The average Bonchev–Trinajstić information content (AvgIpc) is 2.53. The fraction of sp³-hybridized carbons (Fsp3) is 0. The van der Waals surface area contributed by atoms with E-state index in [1.54, 1.807) is 30.3 Å². The maximum atomic E-state index is 12.1. The zero-order valence-corrected chi connectivity index (χ0v) is 11.4.